The van der Waals surface area contributed by atoms with Gasteiger partial charge in [-0.1, -0.05) is 18.7 Å². The van der Waals surface area contributed by atoms with E-state index in [0.717, 1.165) is 4.90 Å². The molecule has 2 heterocycles. The Balaban J connectivity index is 1.94. The number of aliphatic hydroxyl groups excluding tert-OH is 2. The number of aliphatic hydroxyl groups is 2. The molecule has 0 bridgehead atoms. The molecule has 200 valence electrons. The molecule has 4 aromatic rings. The van der Waals surface area contributed by atoms with Crippen molar-refractivity contribution in [3.8, 4) is 17.2 Å². The SMILES string of the molecule is C=Cc1cc(OC)c2c(c1)c(=O)oc1c2cc(OC)c2c(O)ccc([C@@H]3O[C@@H](C)[C@H](O)[C@H]([NH+](C)C)[C@H]3O)c21. The number of hydrogen-bond acceptors (Lipinski definition) is 8. The molecule has 3 aromatic carbocycles. The summed E-state index contributed by atoms with van der Waals surface area (Å²) in [5.41, 5.74) is 0.774. The summed E-state index contributed by atoms with van der Waals surface area (Å²) >= 11 is 0. The molecular weight excluding hydrogens is 490 g/mol. The molecule has 1 aliphatic rings. The Morgan fingerprint density at radius 1 is 0.974 bits per heavy atom. The minimum absolute atomic E-state index is 0.0904. The zero-order valence-electron chi connectivity index (χ0n) is 21.9. The van der Waals surface area contributed by atoms with Gasteiger partial charge in [-0.2, -0.15) is 0 Å². The molecule has 0 amide bonds. The molecule has 9 heteroatoms. The van der Waals surface area contributed by atoms with E-state index in [1.165, 1.54) is 20.3 Å². The smallest absolute Gasteiger partial charge is 0.344 e. The fraction of sp³-hybridized carbons (Fsp3) is 0.345. The van der Waals surface area contributed by atoms with E-state index in [9.17, 15) is 20.1 Å². The Morgan fingerprint density at radius 2 is 1.66 bits per heavy atom. The first kappa shape index (κ1) is 26.0. The molecule has 1 fully saturated rings. The minimum Gasteiger partial charge on any atom is -0.507 e. The quantitative estimate of drug-likeness (QED) is 0.232. The van der Waals surface area contributed by atoms with E-state index in [1.807, 2.05) is 14.1 Å². The van der Waals surface area contributed by atoms with Crippen LogP contribution in [0.25, 0.3) is 38.6 Å². The maximum Gasteiger partial charge on any atom is 0.344 e. The predicted octanol–water partition coefficient (Wildman–Crippen LogP) is 2.16. The van der Waals surface area contributed by atoms with Crippen LogP contribution in [-0.2, 0) is 4.74 Å². The van der Waals surface area contributed by atoms with Crippen molar-refractivity contribution in [3.63, 3.8) is 0 Å². The number of phenolic OH excluding ortho intramolecular Hbond substituents is 1. The number of phenols is 1. The lowest BCUT2D eigenvalue weighted by molar-refractivity contribution is -0.897. The average Bonchev–Trinajstić information content (AvgIpc) is 2.90. The second kappa shape index (κ2) is 9.59. The summed E-state index contributed by atoms with van der Waals surface area (Å²) < 4.78 is 23.4. The van der Waals surface area contributed by atoms with Crippen LogP contribution in [-0.4, -0.2) is 68.0 Å². The van der Waals surface area contributed by atoms with Crippen LogP contribution in [0.5, 0.6) is 17.2 Å². The lowest BCUT2D eigenvalue weighted by Gasteiger charge is -2.42. The molecule has 0 aliphatic carbocycles. The third-order valence-electron chi connectivity index (χ3n) is 7.55. The van der Waals surface area contributed by atoms with Crippen molar-refractivity contribution >= 4 is 38.6 Å². The van der Waals surface area contributed by atoms with Crippen molar-refractivity contribution in [2.75, 3.05) is 28.3 Å². The number of fused-ring (bicyclic) bond motifs is 5. The summed E-state index contributed by atoms with van der Waals surface area (Å²) in [6.45, 7) is 5.54. The first-order valence-electron chi connectivity index (χ1n) is 12.4. The molecular formula is C29H32NO8+. The first-order chi connectivity index (χ1) is 18.1. The van der Waals surface area contributed by atoms with Crippen molar-refractivity contribution in [1.29, 1.82) is 0 Å². The van der Waals surface area contributed by atoms with E-state index in [4.69, 9.17) is 18.6 Å². The number of hydrogen-bond donors (Lipinski definition) is 4. The van der Waals surface area contributed by atoms with Gasteiger partial charge in [0.15, 0.2) is 0 Å². The molecule has 4 N–H and O–H groups in total. The molecule has 1 aliphatic heterocycles. The summed E-state index contributed by atoms with van der Waals surface area (Å²) in [6.07, 6.45) is -1.86. The topological polar surface area (TPSA) is 123 Å². The van der Waals surface area contributed by atoms with E-state index in [0.29, 0.717) is 49.6 Å². The van der Waals surface area contributed by atoms with Crippen LogP contribution < -0.4 is 20.0 Å². The monoisotopic (exact) mass is 522 g/mol. The predicted molar refractivity (Wildman–Crippen MR) is 144 cm³/mol. The lowest BCUT2D eigenvalue weighted by atomic mass is 9.86. The van der Waals surface area contributed by atoms with Crippen molar-refractivity contribution < 1.29 is 38.8 Å². The number of benzene rings is 3. The van der Waals surface area contributed by atoms with Crippen molar-refractivity contribution in [2.24, 2.45) is 0 Å². The molecule has 1 saturated heterocycles. The van der Waals surface area contributed by atoms with Gasteiger partial charge in [-0.15, -0.1) is 0 Å². The number of quaternary nitrogens is 1. The second-order valence-electron chi connectivity index (χ2n) is 9.96. The van der Waals surface area contributed by atoms with Gasteiger partial charge in [-0.3, -0.25) is 0 Å². The van der Waals surface area contributed by atoms with E-state index in [2.05, 4.69) is 6.58 Å². The van der Waals surface area contributed by atoms with Gasteiger partial charge in [0.2, 0.25) is 0 Å². The third kappa shape index (κ3) is 3.82. The Hall–Kier alpha value is -3.63. The molecule has 38 heavy (non-hydrogen) atoms. The van der Waals surface area contributed by atoms with Gasteiger partial charge >= 0.3 is 5.63 Å². The second-order valence-corrected chi connectivity index (χ2v) is 9.96. The van der Waals surface area contributed by atoms with Gasteiger partial charge in [0.05, 0.1) is 45.2 Å². The Morgan fingerprint density at radius 3 is 2.29 bits per heavy atom. The van der Waals surface area contributed by atoms with Crippen molar-refractivity contribution in [2.45, 2.75) is 37.4 Å². The summed E-state index contributed by atoms with van der Waals surface area (Å²) in [6, 6.07) is 7.73. The maximum atomic E-state index is 13.3. The zero-order chi connectivity index (χ0) is 27.5. The lowest BCUT2D eigenvalue weighted by Crippen LogP contribution is -3.14. The normalized spacial score (nSPS) is 23.8. The van der Waals surface area contributed by atoms with Crippen molar-refractivity contribution in [1.82, 2.24) is 0 Å². The Kier molecular flexibility index (Phi) is 6.56. The van der Waals surface area contributed by atoms with E-state index in [1.54, 1.807) is 37.3 Å². The highest BCUT2D eigenvalue weighted by atomic mass is 16.5. The van der Waals surface area contributed by atoms with Gasteiger partial charge < -0.3 is 38.8 Å². The molecule has 0 spiro atoms. The summed E-state index contributed by atoms with van der Waals surface area (Å²) in [4.78, 5) is 14.2. The van der Waals surface area contributed by atoms with E-state index < -0.39 is 36.1 Å². The minimum atomic E-state index is -1.10. The zero-order valence-corrected chi connectivity index (χ0v) is 21.9. The maximum absolute atomic E-state index is 13.3. The van der Waals surface area contributed by atoms with Crippen LogP contribution in [0.2, 0.25) is 0 Å². The van der Waals surface area contributed by atoms with E-state index >= 15 is 0 Å². The Labute approximate surface area is 219 Å². The molecule has 0 saturated carbocycles. The molecule has 0 unspecified atom stereocenters. The number of ether oxygens (including phenoxy) is 3. The van der Waals surface area contributed by atoms with Crippen LogP contribution in [0.3, 0.4) is 0 Å². The first-order valence-corrected chi connectivity index (χ1v) is 12.4. The van der Waals surface area contributed by atoms with Gasteiger partial charge in [0.25, 0.3) is 0 Å². The summed E-state index contributed by atoms with van der Waals surface area (Å²) in [5.74, 6) is 0.692. The van der Waals surface area contributed by atoms with Gasteiger partial charge in [-0.25, -0.2) is 4.79 Å². The van der Waals surface area contributed by atoms with Gasteiger partial charge in [0, 0.05) is 16.2 Å². The van der Waals surface area contributed by atoms with Crippen LogP contribution in [0.1, 0.15) is 24.2 Å². The summed E-state index contributed by atoms with van der Waals surface area (Å²) in [5, 5.41) is 35.1. The number of rotatable bonds is 5. The van der Waals surface area contributed by atoms with Crippen LogP contribution >= 0.6 is 0 Å². The fourth-order valence-electron chi connectivity index (χ4n) is 5.71. The van der Waals surface area contributed by atoms with Gasteiger partial charge in [-0.05, 0) is 42.3 Å². The number of aromatic hydroxyl groups is 1. The number of nitrogens with one attached hydrogen (secondary N) is 1. The highest BCUT2D eigenvalue weighted by molar-refractivity contribution is 6.19. The number of likely N-dealkylation sites (N-methyl/N-ethyl adjacent to an activating group) is 1. The Bertz CT molecular complexity index is 1630. The van der Waals surface area contributed by atoms with Gasteiger partial charge in [0.1, 0.15) is 47.2 Å². The standard InChI is InChI=1S/C29H31NO8/c1-7-14-10-17-21(19(11-14)35-5)16-12-20(36-6)23-18(31)9-8-15(22(23)27(16)38-29(17)34)28-26(33)24(30(3)4)25(32)13(2)37-28/h7-13,24-26,28,31-33H,1H2,2-6H3/p+1/t13-,24-,25-,26+,28-/m0/s1. The molecule has 5 rings (SSSR count). The number of methoxy groups -OCH3 is 2. The molecule has 5 atom stereocenters. The molecule has 1 aromatic heterocycles. The molecule has 0 radical (unpaired) electrons. The van der Waals surface area contributed by atoms with Crippen LogP contribution in [0.4, 0.5) is 0 Å². The summed E-state index contributed by atoms with van der Waals surface area (Å²) in [7, 11) is 6.71. The fourth-order valence-corrected chi connectivity index (χ4v) is 5.71. The van der Waals surface area contributed by atoms with E-state index in [-0.39, 0.29) is 11.3 Å². The largest absolute Gasteiger partial charge is 0.507 e. The van der Waals surface area contributed by atoms with Crippen LogP contribution in [0.15, 0.2) is 46.1 Å². The highest BCUT2D eigenvalue weighted by Crippen LogP contribution is 2.46. The third-order valence-corrected chi connectivity index (χ3v) is 7.55. The highest BCUT2D eigenvalue weighted by Gasteiger charge is 2.47. The van der Waals surface area contributed by atoms with Crippen LogP contribution in [0, 0.1) is 0 Å². The average molecular weight is 523 g/mol. The molecule has 9 nitrogen and oxygen atoms in total. The van der Waals surface area contributed by atoms with Crippen molar-refractivity contribution in [3.05, 3.63) is 58.5 Å².